The van der Waals surface area contributed by atoms with Crippen LogP contribution in [0.15, 0.2) is 24.3 Å². The van der Waals surface area contributed by atoms with E-state index >= 15 is 0 Å². The molecule has 0 aliphatic rings. The van der Waals surface area contributed by atoms with Crippen LogP contribution in [0.25, 0.3) is 0 Å². The van der Waals surface area contributed by atoms with Gasteiger partial charge >= 0.3 is 0 Å². The first kappa shape index (κ1) is 12.8. The van der Waals surface area contributed by atoms with E-state index in [1.54, 1.807) is 6.07 Å². The summed E-state index contributed by atoms with van der Waals surface area (Å²) in [5.74, 6) is 0.772. The summed E-state index contributed by atoms with van der Waals surface area (Å²) in [6.07, 6.45) is 0. The minimum Gasteiger partial charge on any atom is -0.491 e. The molecule has 90 valence electrons. The Hall–Kier alpha value is -1.26. The minimum absolute atomic E-state index is 0.523. The lowest BCUT2D eigenvalue weighted by Crippen LogP contribution is -2.10. The maximum absolute atomic E-state index is 5.62. The Kier molecular flexibility index (Phi) is 6.37. The molecule has 0 heterocycles. The standard InChI is InChI=1S/C12H19NO3/c1-2-14-6-7-15-8-9-16-12-5-3-4-11(13)10-12/h3-5,10H,2,6-9,13H2,1H3. The summed E-state index contributed by atoms with van der Waals surface area (Å²) in [4.78, 5) is 0. The van der Waals surface area contributed by atoms with Crippen LogP contribution in [-0.4, -0.2) is 33.0 Å². The molecule has 4 nitrogen and oxygen atoms in total. The summed E-state index contributed by atoms with van der Waals surface area (Å²) in [7, 11) is 0. The predicted molar refractivity (Wildman–Crippen MR) is 63.7 cm³/mol. The van der Waals surface area contributed by atoms with E-state index in [2.05, 4.69) is 0 Å². The molecule has 0 bridgehead atoms. The van der Waals surface area contributed by atoms with Crippen molar-refractivity contribution in [2.75, 3.05) is 38.8 Å². The predicted octanol–water partition coefficient (Wildman–Crippen LogP) is 1.70. The quantitative estimate of drug-likeness (QED) is 0.540. The van der Waals surface area contributed by atoms with Gasteiger partial charge in [-0.15, -0.1) is 0 Å². The van der Waals surface area contributed by atoms with E-state index in [0.717, 1.165) is 12.4 Å². The molecule has 16 heavy (non-hydrogen) atoms. The van der Waals surface area contributed by atoms with Crippen molar-refractivity contribution >= 4 is 5.69 Å². The van der Waals surface area contributed by atoms with Gasteiger partial charge in [-0.25, -0.2) is 0 Å². The smallest absolute Gasteiger partial charge is 0.121 e. The van der Waals surface area contributed by atoms with Gasteiger partial charge in [0.05, 0.1) is 19.8 Å². The van der Waals surface area contributed by atoms with Crippen molar-refractivity contribution in [2.24, 2.45) is 0 Å². The number of nitrogen functional groups attached to an aromatic ring is 1. The van der Waals surface area contributed by atoms with Crippen LogP contribution < -0.4 is 10.5 Å². The van der Waals surface area contributed by atoms with Crippen LogP contribution in [0.1, 0.15) is 6.92 Å². The Balaban J connectivity index is 2.03. The molecule has 0 atom stereocenters. The third kappa shape index (κ3) is 5.58. The molecular weight excluding hydrogens is 206 g/mol. The molecule has 0 aliphatic carbocycles. The number of anilines is 1. The molecule has 0 aromatic heterocycles. The molecule has 0 amide bonds. The fourth-order valence-corrected chi connectivity index (χ4v) is 1.19. The molecule has 0 unspecified atom stereocenters. The van der Waals surface area contributed by atoms with Gasteiger partial charge in [-0.3, -0.25) is 0 Å². The lowest BCUT2D eigenvalue weighted by molar-refractivity contribution is 0.0405. The number of hydrogen-bond donors (Lipinski definition) is 1. The first-order valence-electron chi connectivity index (χ1n) is 5.46. The molecule has 2 N–H and O–H groups in total. The van der Waals surface area contributed by atoms with Gasteiger partial charge in [-0.05, 0) is 19.1 Å². The fraction of sp³-hybridized carbons (Fsp3) is 0.500. The molecule has 1 aromatic rings. The zero-order chi connectivity index (χ0) is 11.6. The molecule has 4 heteroatoms. The topological polar surface area (TPSA) is 53.7 Å². The molecule has 1 aromatic carbocycles. The second-order valence-corrected chi connectivity index (χ2v) is 3.23. The van der Waals surface area contributed by atoms with Gasteiger partial charge in [0.2, 0.25) is 0 Å². The van der Waals surface area contributed by atoms with Gasteiger partial charge in [0.15, 0.2) is 0 Å². The Bertz CT molecular complexity index is 291. The van der Waals surface area contributed by atoms with Crippen LogP contribution in [0, 0.1) is 0 Å². The summed E-state index contributed by atoms with van der Waals surface area (Å²) < 4.78 is 15.9. The van der Waals surface area contributed by atoms with E-state index in [1.165, 1.54) is 0 Å². The first-order valence-corrected chi connectivity index (χ1v) is 5.46. The van der Waals surface area contributed by atoms with Crippen molar-refractivity contribution in [3.63, 3.8) is 0 Å². The van der Waals surface area contributed by atoms with E-state index in [1.807, 2.05) is 25.1 Å². The number of nitrogens with two attached hydrogens (primary N) is 1. The van der Waals surface area contributed by atoms with Gasteiger partial charge < -0.3 is 19.9 Å². The second-order valence-electron chi connectivity index (χ2n) is 3.23. The summed E-state index contributed by atoms with van der Waals surface area (Å²) in [6.45, 7) is 5.01. The zero-order valence-corrected chi connectivity index (χ0v) is 9.65. The Morgan fingerprint density at radius 2 is 1.81 bits per heavy atom. The van der Waals surface area contributed by atoms with E-state index in [-0.39, 0.29) is 0 Å². The molecular formula is C12H19NO3. The van der Waals surface area contributed by atoms with Crippen molar-refractivity contribution in [3.05, 3.63) is 24.3 Å². The van der Waals surface area contributed by atoms with Crippen LogP contribution in [0.2, 0.25) is 0 Å². The van der Waals surface area contributed by atoms with Crippen molar-refractivity contribution in [2.45, 2.75) is 6.92 Å². The van der Waals surface area contributed by atoms with Crippen LogP contribution in [0.5, 0.6) is 5.75 Å². The van der Waals surface area contributed by atoms with Crippen molar-refractivity contribution < 1.29 is 14.2 Å². The SMILES string of the molecule is CCOCCOCCOc1cccc(N)c1. The summed E-state index contributed by atoms with van der Waals surface area (Å²) >= 11 is 0. The molecule has 0 aliphatic heterocycles. The molecule has 0 radical (unpaired) electrons. The van der Waals surface area contributed by atoms with Crippen molar-refractivity contribution in [1.82, 2.24) is 0 Å². The third-order valence-electron chi connectivity index (χ3n) is 1.93. The third-order valence-corrected chi connectivity index (χ3v) is 1.93. The maximum atomic E-state index is 5.62. The molecule has 0 saturated heterocycles. The summed E-state index contributed by atoms with van der Waals surface area (Å²) in [5, 5.41) is 0. The van der Waals surface area contributed by atoms with Crippen LogP contribution in [0.4, 0.5) is 5.69 Å². The Labute approximate surface area is 96.3 Å². The minimum atomic E-state index is 0.523. The Morgan fingerprint density at radius 1 is 1.06 bits per heavy atom. The lowest BCUT2D eigenvalue weighted by Gasteiger charge is -2.07. The average molecular weight is 225 g/mol. The van der Waals surface area contributed by atoms with Gasteiger partial charge in [-0.1, -0.05) is 6.07 Å². The highest BCUT2D eigenvalue weighted by molar-refractivity contribution is 5.43. The zero-order valence-electron chi connectivity index (χ0n) is 9.65. The molecule has 0 saturated carbocycles. The fourth-order valence-electron chi connectivity index (χ4n) is 1.19. The van der Waals surface area contributed by atoms with Crippen LogP contribution in [-0.2, 0) is 9.47 Å². The summed E-state index contributed by atoms with van der Waals surface area (Å²) in [6, 6.07) is 7.35. The Morgan fingerprint density at radius 3 is 2.56 bits per heavy atom. The number of benzene rings is 1. The van der Waals surface area contributed by atoms with Gasteiger partial charge in [0.1, 0.15) is 12.4 Å². The largest absolute Gasteiger partial charge is 0.491 e. The van der Waals surface area contributed by atoms with E-state index in [0.29, 0.717) is 32.1 Å². The highest BCUT2D eigenvalue weighted by Gasteiger charge is 1.94. The number of rotatable bonds is 8. The highest BCUT2D eigenvalue weighted by atomic mass is 16.5. The van der Waals surface area contributed by atoms with Gasteiger partial charge in [-0.2, -0.15) is 0 Å². The van der Waals surface area contributed by atoms with Crippen molar-refractivity contribution in [1.29, 1.82) is 0 Å². The van der Waals surface area contributed by atoms with Crippen LogP contribution in [0.3, 0.4) is 0 Å². The van der Waals surface area contributed by atoms with Crippen molar-refractivity contribution in [3.8, 4) is 5.75 Å². The summed E-state index contributed by atoms with van der Waals surface area (Å²) in [5.41, 5.74) is 6.32. The highest BCUT2D eigenvalue weighted by Crippen LogP contribution is 2.13. The monoisotopic (exact) mass is 225 g/mol. The van der Waals surface area contributed by atoms with Gasteiger partial charge in [0.25, 0.3) is 0 Å². The number of hydrogen-bond acceptors (Lipinski definition) is 4. The lowest BCUT2D eigenvalue weighted by atomic mass is 10.3. The maximum Gasteiger partial charge on any atom is 0.121 e. The van der Waals surface area contributed by atoms with E-state index in [9.17, 15) is 0 Å². The molecule has 0 spiro atoms. The second kappa shape index (κ2) is 7.96. The van der Waals surface area contributed by atoms with Gasteiger partial charge in [0, 0.05) is 18.4 Å². The molecule has 1 rings (SSSR count). The normalized spacial score (nSPS) is 10.3. The van der Waals surface area contributed by atoms with Crippen LogP contribution >= 0.6 is 0 Å². The molecule has 0 fully saturated rings. The first-order chi connectivity index (χ1) is 7.83. The van der Waals surface area contributed by atoms with E-state index < -0.39 is 0 Å². The average Bonchev–Trinajstić information content (AvgIpc) is 2.28. The number of ether oxygens (including phenoxy) is 3. The van der Waals surface area contributed by atoms with E-state index in [4.69, 9.17) is 19.9 Å².